The Balaban J connectivity index is 2.59. The highest BCUT2D eigenvalue weighted by atomic mass is 16.3. The summed E-state index contributed by atoms with van der Waals surface area (Å²) in [6, 6.07) is -0.0307. The lowest BCUT2D eigenvalue weighted by Crippen LogP contribution is -2.60. The van der Waals surface area contributed by atoms with Crippen LogP contribution in [0.25, 0.3) is 0 Å². The van der Waals surface area contributed by atoms with E-state index in [9.17, 15) is 5.11 Å². The third kappa shape index (κ3) is 2.47. The number of rotatable bonds is 3. The van der Waals surface area contributed by atoms with E-state index in [-0.39, 0.29) is 12.1 Å². The molecule has 0 aliphatic carbocycles. The lowest BCUT2D eigenvalue weighted by atomic mass is 9.80. The summed E-state index contributed by atoms with van der Waals surface area (Å²) in [6.07, 6.45) is 3.47. The second kappa shape index (κ2) is 4.60. The van der Waals surface area contributed by atoms with Crippen LogP contribution in [0, 0.1) is 5.92 Å². The van der Waals surface area contributed by atoms with E-state index in [2.05, 4.69) is 12.2 Å². The molecule has 4 N–H and O–H groups in total. The molecular weight excluding hydrogens is 176 g/mol. The van der Waals surface area contributed by atoms with Crippen LogP contribution in [-0.4, -0.2) is 29.3 Å². The predicted octanol–water partition coefficient (Wildman–Crippen LogP) is 0.863. The van der Waals surface area contributed by atoms with E-state index < -0.39 is 5.60 Å². The maximum absolute atomic E-state index is 10.2. The molecule has 0 bridgehead atoms. The highest BCUT2D eigenvalue weighted by Crippen LogP contribution is 2.26. The zero-order chi connectivity index (χ0) is 10.8. The maximum atomic E-state index is 10.2. The Morgan fingerprint density at radius 3 is 2.79 bits per heavy atom. The van der Waals surface area contributed by atoms with Crippen LogP contribution in [0.3, 0.4) is 0 Å². The topological polar surface area (TPSA) is 58.3 Å². The van der Waals surface area contributed by atoms with E-state index in [1.807, 2.05) is 13.8 Å². The van der Waals surface area contributed by atoms with Crippen molar-refractivity contribution < 1.29 is 5.11 Å². The first-order chi connectivity index (χ1) is 6.48. The second-order valence-corrected chi connectivity index (χ2v) is 4.82. The molecule has 1 aliphatic heterocycles. The molecule has 3 heteroatoms. The zero-order valence-corrected chi connectivity index (χ0v) is 9.59. The third-order valence-electron chi connectivity index (χ3n) is 3.72. The third-order valence-corrected chi connectivity index (χ3v) is 3.72. The van der Waals surface area contributed by atoms with Gasteiger partial charge in [0, 0.05) is 12.1 Å². The van der Waals surface area contributed by atoms with Crippen molar-refractivity contribution in [3.63, 3.8) is 0 Å². The Morgan fingerprint density at radius 2 is 2.29 bits per heavy atom. The summed E-state index contributed by atoms with van der Waals surface area (Å²) in [5.41, 5.74) is 5.01. The monoisotopic (exact) mass is 200 g/mol. The standard InChI is InChI=1S/C11H24N2O/c1-4-9-5-6-13-10(7-9)11(3,14)8(2)12/h8-10,13-14H,4-7,12H2,1-3H3. The summed E-state index contributed by atoms with van der Waals surface area (Å²) < 4.78 is 0. The van der Waals surface area contributed by atoms with Crippen LogP contribution in [0.5, 0.6) is 0 Å². The quantitative estimate of drug-likeness (QED) is 0.633. The minimum Gasteiger partial charge on any atom is -0.387 e. The Morgan fingerprint density at radius 1 is 1.64 bits per heavy atom. The van der Waals surface area contributed by atoms with Gasteiger partial charge in [0.05, 0.1) is 5.60 Å². The zero-order valence-electron chi connectivity index (χ0n) is 9.59. The van der Waals surface area contributed by atoms with Gasteiger partial charge >= 0.3 is 0 Å². The molecule has 0 saturated carbocycles. The van der Waals surface area contributed by atoms with Gasteiger partial charge in [0.15, 0.2) is 0 Å². The van der Waals surface area contributed by atoms with Crippen molar-refractivity contribution in [2.45, 2.75) is 57.7 Å². The summed E-state index contributed by atoms with van der Waals surface area (Å²) in [5, 5.41) is 13.6. The number of hydrogen-bond acceptors (Lipinski definition) is 3. The van der Waals surface area contributed by atoms with E-state index in [1.165, 1.54) is 12.8 Å². The fourth-order valence-corrected chi connectivity index (χ4v) is 2.13. The molecule has 1 aliphatic rings. The van der Waals surface area contributed by atoms with Gasteiger partial charge in [-0.05, 0) is 39.2 Å². The molecular formula is C11H24N2O. The molecule has 3 nitrogen and oxygen atoms in total. The van der Waals surface area contributed by atoms with Gasteiger partial charge in [-0.25, -0.2) is 0 Å². The minimum atomic E-state index is -0.784. The number of aliphatic hydroxyl groups is 1. The lowest BCUT2D eigenvalue weighted by molar-refractivity contribution is -0.0157. The first kappa shape index (κ1) is 12.0. The van der Waals surface area contributed by atoms with Crippen LogP contribution in [-0.2, 0) is 0 Å². The first-order valence-corrected chi connectivity index (χ1v) is 5.69. The summed E-state index contributed by atoms with van der Waals surface area (Å²) in [6.45, 7) is 6.93. The number of nitrogens with one attached hydrogen (secondary N) is 1. The van der Waals surface area contributed by atoms with Crippen LogP contribution in [0.4, 0.5) is 0 Å². The summed E-state index contributed by atoms with van der Waals surface area (Å²) in [4.78, 5) is 0. The van der Waals surface area contributed by atoms with Crippen LogP contribution in [0.1, 0.15) is 40.0 Å². The normalized spacial score (nSPS) is 34.9. The molecule has 0 aromatic carbocycles. The molecule has 1 heterocycles. The molecule has 4 atom stereocenters. The molecule has 14 heavy (non-hydrogen) atoms. The Kier molecular flexibility index (Phi) is 3.93. The van der Waals surface area contributed by atoms with Gasteiger partial charge in [-0.3, -0.25) is 0 Å². The van der Waals surface area contributed by atoms with Crippen LogP contribution in [0.15, 0.2) is 0 Å². The first-order valence-electron chi connectivity index (χ1n) is 5.69. The van der Waals surface area contributed by atoms with E-state index in [1.54, 1.807) is 0 Å². The Hall–Kier alpha value is -0.120. The highest BCUT2D eigenvalue weighted by Gasteiger charge is 2.37. The SMILES string of the molecule is CCC1CCNC(C(C)(O)C(C)N)C1. The molecule has 84 valence electrons. The predicted molar refractivity (Wildman–Crippen MR) is 59.1 cm³/mol. The Bertz CT molecular complexity index is 180. The van der Waals surface area contributed by atoms with Gasteiger partial charge < -0.3 is 16.2 Å². The fourth-order valence-electron chi connectivity index (χ4n) is 2.13. The van der Waals surface area contributed by atoms with E-state index >= 15 is 0 Å². The van der Waals surface area contributed by atoms with Crippen molar-refractivity contribution in [3.05, 3.63) is 0 Å². The summed E-state index contributed by atoms with van der Waals surface area (Å²) in [7, 11) is 0. The van der Waals surface area contributed by atoms with Crippen LogP contribution >= 0.6 is 0 Å². The van der Waals surface area contributed by atoms with Crippen molar-refractivity contribution in [2.75, 3.05) is 6.54 Å². The maximum Gasteiger partial charge on any atom is 0.0919 e. The molecule has 1 fully saturated rings. The molecule has 0 aromatic rings. The number of hydrogen-bond donors (Lipinski definition) is 3. The summed E-state index contributed by atoms with van der Waals surface area (Å²) in [5.74, 6) is 0.742. The minimum absolute atomic E-state index is 0.154. The van der Waals surface area contributed by atoms with Crippen molar-refractivity contribution in [1.29, 1.82) is 0 Å². The van der Waals surface area contributed by atoms with Crippen LogP contribution < -0.4 is 11.1 Å². The van der Waals surface area contributed by atoms with Crippen molar-refractivity contribution in [1.82, 2.24) is 5.32 Å². The largest absolute Gasteiger partial charge is 0.387 e. The van der Waals surface area contributed by atoms with Gasteiger partial charge in [0.1, 0.15) is 0 Å². The average molecular weight is 200 g/mol. The molecule has 0 radical (unpaired) electrons. The highest BCUT2D eigenvalue weighted by molar-refractivity contribution is 4.96. The van der Waals surface area contributed by atoms with Gasteiger partial charge in [-0.2, -0.15) is 0 Å². The average Bonchev–Trinajstić information content (AvgIpc) is 2.17. The van der Waals surface area contributed by atoms with Gasteiger partial charge in [-0.1, -0.05) is 13.3 Å². The van der Waals surface area contributed by atoms with E-state index in [0.717, 1.165) is 18.9 Å². The molecule has 1 saturated heterocycles. The number of piperidine rings is 1. The molecule has 0 amide bonds. The van der Waals surface area contributed by atoms with Crippen molar-refractivity contribution in [2.24, 2.45) is 11.7 Å². The van der Waals surface area contributed by atoms with Crippen LogP contribution in [0.2, 0.25) is 0 Å². The van der Waals surface area contributed by atoms with Gasteiger partial charge in [0.2, 0.25) is 0 Å². The van der Waals surface area contributed by atoms with E-state index in [4.69, 9.17) is 5.73 Å². The molecule has 1 rings (SSSR count). The van der Waals surface area contributed by atoms with Crippen molar-refractivity contribution in [3.8, 4) is 0 Å². The summed E-state index contributed by atoms with van der Waals surface area (Å²) >= 11 is 0. The van der Waals surface area contributed by atoms with Crippen molar-refractivity contribution >= 4 is 0 Å². The fraction of sp³-hybridized carbons (Fsp3) is 1.00. The molecule has 0 spiro atoms. The lowest BCUT2D eigenvalue weighted by Gasteiger charge is -2.41. The van der Waals surface area contributed by atoms with Gasteiger partial charge in [0.25, 0.3) is 0 Å². The Labute approximate surface area is 87.1 Å². The van der Waals surface area contributed by atoms with E-state index in [0.29, 0.717) is 0 Å². The smallest absolute Gasteiger partial charge is 0.0919 e. The molecule has 4 unspecified atom stereocenters. The second-order valence-electron chi connectivity index (χ2n) is 4.82. The molecule has 0 aromatic heterocycles. The van der Waals surface area contributed by atoms with Gasteiger partial charge in [-0.15, -0.1) is 0 Å². The number of nitrogens with two attached hydrogens (primary N) is 1.